The van der Waals surface area contributed by atoms with Crippen LogP contribution in [-0.4, -0.2) is 37.2 Å². The normalized spacial score (nSPS) is 37.6. The Hall–Kier alpha value is -1.59. The van der Waals surface area contributed by atoms with Crippen molar-refractivity contribution < 1.29 is 28.6 Å². The average molecular weight is 595 g/mol. The molecule has 6 heteroatoms. The SMILES string of the molecule is C.C.C.C.CCC(C)(CC(C)(C)C(=O)OC1(CC)C2CC3CC(C2)CC1C3)C(=O)OC.O=C1OCC2C3CCC(C3)C12. The molecule has 1 saturated heterocycles. The summed E-state index contributed by atoms with van der Waals surface area (Å²) in [7, 11) is 1.42. The van der Waals surface area contributed by atoms with Gasteiger partial charge in [0, 0.05) is 5.92 Å². The van der Waals surface area contributed by atoms with E-state index in [-0.39, 0.29) is 53.2 Å². The molecule has 0 amide bonds. The summed E-state index contributed by atoms with van der Waals surface area (Å²) >= 11 is 0. The molecule has 7 aliphatic rings. The number of cyclic esters (lactones) is 1. The second kappa shape index (κ2) is 14.0. The standard InChI is InChI=1S/C23H38O4.C9H12O2.4CH4/c1-7-22(5,20(25)26-6)14-21(3,4)19(24)27-23(8-2)17-10-15-9-16(12-17)13-18(23)11-15;10-9-8-6-2-1-5(3-6)7(8)4-11-9;;;;/h15-18H,7-14H2,1-6H3;5-8H,1-4H2;4*1H4. The summed E-state index contributed by atoms with van der Waals surface area (Å²) in [5, 5.41) is 0. The first kappa shape index (κ1) is 38.4. The molecule has 1 aliphatic heterocycles. The number of hydrogen-bond donors (Lipinski definition) is 0. The van der Waals surface area contributed by atoms with Gasteiger partial charge in [-0.3, -0.25) is 14.4 Å². The minimum atomic E-state index is -0.713. The Labute approximate surface area is 258 Å². The van der Waals surface area contributed by atoms with E-state index in [9.17, 15) is 14.4 Å². The van der Waals surface area contributed by atoms with Crippen molar-refractivity contribution in [3.05, 3.63) is 0 Å². The lowest BCUT2D eigenvalue weighted by molar-refractivity contribution is -0.219. The summed E-state index contributed by atoms with van der Waals surface area (Å²) in [6, 6.07) is 0. The Morgan fingerprint density at radius 2 is 1.40 bits per heavy atom. The predicted octanol–water partition coefficient (Wildman–Crippen LogP) is 8.89. The fourth-order valence-corrected chi connectivity index (χ4v) is 10.0. The predicted molar refractivity (Wildman–Crippen MR) is 171 cm³/mol. The minimum absolute atomic E-state index is 0. The largest absolute Gasteiger partial charge is 0.469 e. The van der Waals surface area contributed by atoms with Crippen molar-refractivity contribution in [3.63, 3.8) is 0 Å². The van der Waals surface area contributed by atoms with E-state index >= 15 is 0 Å². The number of methoxy groups -OCH3 is 1. The number of rotatable bonds is 7. The number of esters is 3. The van der Waals surface area contributed by atoms with Crippen molar-refractivity contribution in [2.45, 2.75) is 141 Å². The topological polar surface area (TPSA) is 78.9 Å². The van der Waals surface area contributed by atoms with Crippen LogP contribution in [0.5, 0.6) is 0 Å². The maximum Gasteiger partial charge on any atom is 0.312 e. The quantitative estimate of drug-likeness (QED) is 0.216. The number of carbonyl (C=O) groups excluding carboxylic acids is 3. The number of fused-ring (bicyclic) bond motifs is 5. The van der Waals surface area contributed by atoms with Gasteiger partial charge in [0.05, 0.1) is 30.5 Å². The van der Waals surface area contributed by atoms with E-state index in [0.29, 0.717) is 42.4 Å². The zero-order valence-electron chi connectivity index (χ0n) is 24.6. The fraction of sp³-hybridized carbons (Fsp3) is 0.917. The van der Waals surface area contributed by atoms with E-state index in [1.807, 2.05) is 27.7 Å². The van der Waals surface area contributed by atoms with Gasteiger partial charge in [-0.05, 0) is 127 Å². The summed E-state index contributed by atoms with van der Waals surface area (Å²) in [6.45, 7) is 10.6. The van der Waals surface area contributed by atoms with Crippen LogP contribution in [0.3, 0.4) is 0 Å². The molecule has 6 saturated carbocycles. The highest BCUT2D eigenvalue weighted by molar-refractivity contribution is 5.80. The first-order valence-corrected chi connectivity index (χ1v) is 15.4. The summed E-state index contributed by atoms with van der Waals surface area (Å²) in [5.41, 5.74) is -1.66. The maximum absolute atomic E-state index is 13.4. The highest BCUT2D eigenvalue weighted by atomic mass is 16.6. The van der Waals surface area contributed by atoms with Crippen LogP contribution in [0.25, 0.3) is 0 Å². The molecule has 6 aliphatic carbocycles. The molecule has 0 N–H and O–H groups in total. The van der Waals surface area contributed by atoms with Crippen LogP contribution >= 0.6 is 0 Å². The molecule has 7 fully saturated rings. The summed E-state index contributed by atoms with van der Waals surface area (Å²) in [4.78, 5) is 36.9. The van der Waals surface area contributed by atoms with Gasteiger partial charge in [-0.2, -0.15) is 0 Å². The Bertz CT molecular complexity index is 911. The van der Waals surface area contributed by atoms with E-state index in [1.54, 1.807) is 0 Å². The van der Waals surface area contributed by atoms with Crippen molar-refractivity contribution in [1.82, 2.24) is 0 Å². The second-order valence-electron chi connectivity index (χ2n) is 14.6. The second-order valence-corrected chi connectivity index (χ2v) is 14.6. The van der Waals surface area contributed by atoms with Crippen molar-refractivity contribution in [2.24, 2.45) is 58.2 Å². The van der Waals surface area contributed by atoms with Crippen LogP contribution in [0.15, 0.2) is 0 Å². The summed E-state index contributed by atoms with van der Waals surface area (Å²) in [5.74, 6) is 4.91. The smallest absolute Gasteiger partial charge is 0.312 e. The van der Waals surface area contributed by atoms with Crippen LogP contribution in [-0.2, 0) is 28.6 Å². The molecule has 6 bridgehead atoms. The maximum atomic E-state index is 13.4. The minimum Gasteiger partial charge on any atom is -0.469 e. The number of ether oxygens (including phenoxy) is 3. The molecular formula is C36H66O6. The molecule has 5 unspecified atom stereocenters. The molecule has 0 spiro atoms. The lowest BCUT2D eigenvalue weighted by Gasteiger charge is -2.60. The van der Waals surface area contributed by atoms with E-state index in [2.05, 4.69) is 6.92 Å². The monoisotopic (exact) mass is 594 g/mol. The molecule has 0 aromatic rings. The summed E-state index contributed by atoms with van der Waals surface area (Å²) in [6.07, 6.45) is 12.2. The molecule has 6 nitrogen and oxygen atoms in total. The highest BCUT2D eigenvalue weighted by Crippen LogP contribution is 2.61. The van der Waals surface area contributed by atoms with E-state index in [1.165, 1.54) is 58.5 Å². The van der Waals surface area contributed by atoms with E-state index in [4.69, 9.17) is 14.2 Å². The molecule has 5 atom stereocenters. The zero-order chi connectivity index (χ0) is 27.5. The van der Waals surface area contributed by atoms with E-state index < -0.39 is 10.8 Å². The van der Waals surface area contributed by atoms with Gasteiger partial charge in [-0.15, -0.1) is 0 Å². The average Bonchev–Trinajstić information content (AvgIpc) is 3.61. The van der Waals surface area contributed by atoms with Crippen molar-refractivity contribution in [2.75, 3.05) is 13.7 Å². The first-order valence-electron chi connectivity index (χ1n) is 15.4. The van der Waals surface area contributed by atoms with Gasteiger partial charge in [-0.25, -0.2) is 0 Å². The fourth-order valence-electron chi connectivity index (χ4n) is 10.0. The summed E-state index contributed by atoms with van der Waals surface area (Å²) < 4.78 is 16.5. The van der Waals surface area contributed by atoms with Gasteiger partial charge >= 0.3 is 17.9 Å². The molecule has 7 rings (SSSR count). The molecule has 0 aromatic heterocycles. The molecule has 246 valence electrons. The van der Waals surface area contributed by atoms with Crippen LogP contribution in [0.4, 0.5) is 0 Å². The zero-order valence-corrected chi connectivity index (χ0v) is 24.6. The van der Waals surface area contributed by atoms with Crippen LogP contribution < -0.4 is 0 Å². The first-order chi connectivity index (χ1) is 18.0. The van der Waals surface area contributed by atoms with E-state index in [0.717, 1.165) is 30.8 Å². The third kappa shape index (κ3) is 6.43. The van der Waals surface area contributed by atoms with Gasteiger partial charge < -0.3 is 14.2 Å². The molecule has 0 aromatic carbocycles. The van der Waals surface area contributed by atoms with Crippen LogP contribution in [0.2, 0.25) is 0 Å². The molecule has 1 heterocycles. The molecular weight excluding hydrogens is 528 g/mol. The third-order valence-electron chi connectivity index (χ3n) is 12.0. The number of carbonyl (C=O) groups is 3. The van der Waals surface area contributed by atoms with Crippen LogP contribution in [0.1, 0.15) is 135 Å². The Morgan fingerprint density at radius 1 is 0.857 bits per heavy atom. The Morgan fingerprint density at radius 3 is 1.88 bits per heavy atom. The highest BCUT2D eigenvalue weighted by Gasteiger charge is 2.59. The van der Waals surface area contributed by atoms with Crippen LogP contribution in [0, 0.1) is 58.2 Å². The molecule has 0 radical (unpaired) electrons. The van der Waals surface area contributed by atoms with Crippen molar-refractivity contribution in [3.8, 4) is 0 Å². The van der Waals surface area contributed by atoms with Gasteiger partial charge in [-0.1, -0.05) is 43.6 Å². The Kier molecular flexibility index (Phi) is 12.8. The van der Waals surface area contributed by atoms with Gasteiger partial charge in [0.2, 0.25) is 0 Å². The van der Waals surface area contributed by atoms with Gasteiger partial charge in [0.1, 0.15) is 5.60 Å². The van der Waals surface area contributed by atoms with Crippen molar-refractivity contribution in [1.29, 1.82) is 0 Å². The van der Waals surface area contributed by atoms with Gasteiger partial charge in [0.15, 0.2) is 0 Å². The van der Waals surface area contributed by atoms with Crippen molar-refractivity contribution >= 4 is 17.9 Å². The lowest BCUT2D eigenvalue weighted by Crippen LogP contribution is -2.60. The third-order valence-corrected chi connectivity index (χ3v) is 12.0. The molecule has 42 heavy (non-hydrogen) atoms. The lowest BCUT2D eigenvalue weighted by atomic mass is 9.49. The Balaban J connectivity index is 0.000000494. The number of hydrogen-bond acceptors (Lipinski definition) is 6. The van der Waals surface area contributed by atoms with Gasteiger partial charge in [0.25, 0.3) is 0 Å².